The number of hydrogen-bond acceptors (Lipinski definition) is 5. The second kappa shape index (κ2) is 7.29. The molecule has 30 heavy (non-hydrogen) atoms. The zero-order chi connectivity index (χ0) is 20.7. The molecule has 1 aromatic carbocycles. The number of aromatic amines is 1. The summed E-state index contributed by atoms with van der Waals surface area (Å²) in [6, 6.07) is 6.27. The molecular weight excluding hydrogens is 383 g/mol. The normalized spacial score (nSPS) is 20.4. The highest BCUT2D eigenvalue weighted by atomic mass is 19.1. The minimum absolute atomic E-state index is 0.0765. The SMILES string of the molecule is CO/C(=N\C(=N)C1=CNC2C=CC(c3c[nH]nc3-c3ccc(F)cc3)=CN12)C1CC1. The molecular formula is C22H21FN6O. The number of rotatable bonds is 4. The van der Waals surface area contributed by atoms with E-state index in [0.29, 0.717) is 17.5 Å². The molecule has 2 aliphatic heterocycles. The average molecular weight is 404 g/mol. The molecule has 0 radical (unpaired) electrons. The van der Waals surface area contributed by atoms with E-state index in [4.69, 9.17) is 10.1 Å². The summed E-state index contributed by atoms with van der Waals surface area (Å²) in [5.41, 5.74) is 4.06. The summed E-state index contributed by atoms with van der Waals surface area (Å²) in [4.78, 5) is 6.39. The van der Waals surface area contributed by atoms with Crippen molar-refractivity contribution in [2.75, 3.05) is 7.11 Å². The number of aliphatic imine (C=N–C) groups is 1. The van der Waals surface area contributed by atoms with Gasteiger partial charge in [0, 0.05) is 41.2 Å². The predicted octanol–water partition coefficient (Wildman–Crippen LogP) is 3.63. The van der Waals surface area contributed by atoms with Crippen LogP contribution in [-0.2, 0) is 4.74 Å². The molecule has 3 N–H and O–H groups in total. The van der Waals surface area contributed by atoms with Crippen molar-refractivity contribution in [2.24, 2.45) is 10.9 Å². The lowest BCUT2D eigenvalue weighted by Crippen LogP contribution is -2.34. The van der Waals surface area contributed by atoms with E-state index in [1.807, 2.05) is 29.4 Å². The van der Waals surface area contributed by atoms with Crippen molar-refractivity contribution in [3.8, 4) is 11.3 Å². The number of hydrogen-bond donors (Lipinski definition) is 3. The number of amidine groups is 1. The molecule has 0 bridgehead atoms. The molecule has 3 aliphatic rings. The van der Waals surface area contributed by atoms with Crippen molar-refractivity contribution in [1.29, 1.82) is 5.41 Å². The second-order valence-corrected chi connectivity index (χ2v) is 7.42. The molecule has 1 atom stereocenters. The van der Waals surface area contributed by atoms with E-state index < -0.39 is 0 Å². The summed E-state index contributed by atoms with van der Waals surface area (Å²) in [6.07, 6.45) is 11.7. The van der Waals surface area contributed by atoms with Crippen molar-refractivity contribution in [3.63, 3.8) is 0 Å². The van der Waals surface area contributed by atoms with Crippen LogP contribution >= 0.6 is 0 Å². The first-order chi connectivity index (χ1) is 14.6. The summed E-state index contributed by atoms with van der Waals surface area (Å²) in [5, 5.41) is 19.0. The van der Waals surface area contributed by atoms with Gasteiger partial charge in [0.15, 0.2) is 11.7 Å². The lowest BCUT2D eigenvalue weighted by Gasteiger charge is -2.27. The van der Waals surface area contributed by atoms with Gasteiger partial charge in [0.25, 0.3) is 0 Å². The molecule has 0 spiro atoms. The fourth-order valence-electron chi connectivity index (χ4n) is 3.64. The molecule has 5 rings (SSSR count). The topological polar surface area (TPSA) is 89.4 Å². The Balaban J connectivity index is 1.44. The van der Waals surface area contributed by atoms with Crippen LogP contribution in [0.4, 0.5) is 4.39 Å². The van der Waals surface area contributed by atoms with E-state index >= 15 is 0 Å². The minimum atomic E-state index is -0.283. The van der Waals surface area contributed by atoms with Gasteiger partial charge in [-0.05, 0) is 43.2 Å². The Morgan fingerprint density at radius 2 is 2.10 bits per heavy atom. The van der Waals surface area contributed by atoms with Gasteiger partial charge in [-0.15, -0.1) is 0 Å². The maximum atomic E-state index is 13.3. The zero-order valence-electron chi connectivity index (χ0n) is 16.4. The van der Waals surface area contributed by atoms with Crippen LogP contribution in [0.15, 0.2) is 65.7 Å². The molecule has 152 valence electrons. The number of benzene rings is 1. The highest BCUT2D eigenvalue weighted by Gasteiger charge is 2.32. The Morgan fingerprint density at radius 1 is 1.30 bits per heavy atom. The fraction of sp³-hybridized carbons (Fsp3) is 0.227. The van der Waals surface area contributed by atoms with Crippen LogP contribution in [0.5, 0.6) is 0 Å². The molecule has 8 heteroatoms. The van der Waals surface area contributed by atoms with Crippen molar-refractivity contribution in [1.82, 2.24) is 20.4 Å². The maximum absolute atomic E-state index is 13.3. The number of allylic oxidation sites excluding steroid dienone is 2. The first-order valence-corrected chi connectivity index (χ1v) is 9.80. The third-order valence-corrected chi connectivity index (χ3v) is 5.37. The number of halogens is 1. The predicted molar refractivity (Wildman–Crippen MR) is 113 cm³/mol. The molecule has 1 saturated carbocycles. The first-order valence-electron chi connectivity index (χ1n) is 9.80. The summed E-state index contributed by atoms with van der Waals surface area (Å²) < 4.78 is 18.7. The van der Waals surface area contributed by atoms with E-state index in [1.165, 1.54) is 12.1 Å². The Kier molecular flexibility index (Phi) is 4.46. The van der Waals surface area contributed by atoms with Crippen molar-refractivity contribution in [3.05, 3.63) is 72.1 Å². The first kappa shape index (κ1) is 18.4. The lowest BCUT2D eigenvalue weighted by molar-refractivity contribution is 0.386. The lowest BCUT2D eigenvalue weighted by atomic mass is 10.00. The van der Waals surface area contributed by atoms with Crippen LogP contribution in [0, 0.1) is 17.1 Å². The number of fused-ring (bicyclic) bond motifs is 1. The second-order valence-electron chi connectivity index (χ2n) is 7.42. The number of methoxy groups -OCH3 is 1. The standard InChI is InChI=1S/C22H21FN6O/c1-30-22(14-2-3-14)27-21(24)18-11-25-19-9-6-15(12-29(18)19)17-10-26-28-20(17)13-4-7-16(23)8-5-13/h4-12,14,19,24-25H,2-3H2,1H3,(H,26,28)/b24-21?,27-22-. The Labute approximate surface area is 173 Å². The molecule has 1 aromatic heterocycles. The van der Waals surface area contributed by atoms with Crippen LogP contribution in [0.2, 0.25) is 0 Å². The quantitative estimate of drug-likeness (QED) is 0.536. The molecule has 0 amide bonds. The summed E-state index contributed by atoms with van der Waals surface area (Å²) >= 11 is 0. The Hall–Kier alpha value is -3.68. The number of aromatic nitrogens is 2. The van der Waals surface area contributed by atoms with E-state index in [2.05, 4.69) is 20.5 Å². The monoisotopic (exact) mass is 404 g/mol. The van der Waals surface area contributed by atoms with Gasteiger partial charge < -0.3 is 15.0 Å². The average Bonchev–Trinajstić information content (AvgIpc) is 3.33. The third-order valence-electron chi connectivity index (χ3n) is 5.37. The highest BCUT2D eigenvalue weighted by molar-refractivity contribution is 6.04. The molecule has 1 unspecified atom stereocenters. The van der Waals surface area contributed by atoms with Crippen LogP contribution in [-0.4, -0.2) is 40.1 Å². The molecule has 1 aliphatic carbocycles. The summed E-state index contributed by atoms with van der Waals surface area (Å²) in [5.74, 6) is 0.826. The summed E-state index contributed by atoms with van der Waals surface area (Å²) in [6.45, 7) is 0. The maximum Gasteiger partial charge on any atom is 0.192 e. The van der Waals surface area contributed by atoms with Crippen LogP contribution in [0.25, 0.3) is 16.8 Å². The van der Waals surface area contributed by atoms with Gasteiger partial charge in [0.1, 0.15) is 17.7 Å². The number of nitrogens with one attached hydrogen (secondary N) is 3. The minimum Gasteiger partial charge on any atom is -0.484 e. The molecule has 3 heterocycles. The summed E-state index contributed by atoms with van der Waals surface area (Å²) in [7, 11) is 1.60. The van der Waals surface area contributed by atoms with Crippen LogP contribution < -0.4 is 5.32 Å². The Bertz CT molecular complexity index is 1110. The van der Waals surface area contributed by atoms with Crippen molar-refractivity contribution in [2.45, 2.75) is 19.0 Å². The Morgan fingerprint density at radius 3 is 2.83 bits per heavy atom. The number of nitrogens with zero attached hydrogens (tertiary/aromatic N) is 3. The van der Waals surface area contributed by atoms with Crippen LogP contribution in [0.3, 0.4) is 0 Å². The highest BCUT2D eigenvalue weighted by Crippen LogP contribution is 2.34. The number of ether oxygens (including phenoxy) is 1. The molecule has 2 aromatic rings. The van der Waals surface area contributed by atoms with E-state index in [1.54, 1.807) is 25.4 Å². The fourth-order valence-corrected chi connectivity index (χ4v) is 3.64. The van der Waals surface area contributed by atoms with Gasteiger partial charge in [-0.1, -0.05) is 6.08 Å². The van der Waals surface area contributed by atoms with Gasteiger partial charge in [0.05, 0.1) is 12.8 Å². The van der Waals surface area contributed by atoms with E-state index in [0.717, 1.165) is 35.2 Å². The van der Waals surface area contributed by atoms with Gasteiger partial charge >= 0.3 is 0 Å². The van der Waals surface area contributed by atoms with E-state index in [-0.39, 0.29) is 17.8 Å². The van der Waals surface area contributed by atoms with Gasteiger partial charge in [-0.3, -0.25) is 10.5 Å². The van der Waals surface area contributed by atoms with Crippen molar-refractivity contribution < 1.29 is 9.13 Å². The van der Waals surface area contributed by atoms with Gasteiger partial charge in [0.2, 0.25) is 0 Å². The van der Waals surface area contributed by atoms with Crippen molar-refractivity contribution >= 4 is 17.3 Å². The zero-order valence-corrected chi connectivity index (χ0v) is 16.4. The molecule has 1 fully saturated rings. The van der Waals surface area contributed by atoms with E-state index in [9.17, 15) is 4.39 Å². The molecule has 0 saturated heterocycles. The van der Waals surface area contributed by atoms with Crippen LogP contribution in [0.1, 0.15) is 18.4 Å². The number of H-pyrrole nitrogens is 1. The smallest absolute Gasteiger partial charge is 0.192 e. The third kappa shape index (κ3) is 3.30. The largest absolute Gasteiger partial charge is 0.484 e. The van der Waals surface area contributed by atoms with Gasteiger partial charge in [-0.2, -0.15) is 10.1 Å². The molecule has 7 nitrogen and oxygen atoms in total. The van der Waals surface area contributed by atoms with Gasteiger partial charge in [-0.25, -0.2) is 4.39 Å².